The van der Waals surface area contributed by atoms with E-state index in [1.54, 1.807) is 37.7 Å². The van der Waals surface area contributed by atoms with Crippen molar-refractivity contribution in [2.45, 2.75) is 25.4 Å². The predicted octanol–water partition coefficient (Wildman–Crippen LogP) is 2.63. The molecule has 3 aliphatic rings. The second kappa shape index (κ2) is 9.78. The number of aliphatic imine (C=N–C) groups is 2. The van der Waals surface area contributed by atoms with E-state index in [0.29, 0.717) is 61.8 Å². The molecule has 4 rings (SSSR count). The summed E-state index contributed by atoms with van der Waals surface area (Å²) >= 11 is 0. The third-order valence-electron chi connectivity index (χ3n) is 5.42. The number of carbonyl (C=O) groups is 1. The molecule has 3 heterocycles. The molecular formula is C23H26N4O5. The molecule has 0 spiro atoms. The van der Waals surface area contributed by atoms with E-state index in [4.69, 9.17) is 14.5 Å². The molecule has 9 nitrogen and oxygen atoms in total. The summed E-state index contributed by atoms with van der Waals surface area (Å²) in [5, 5.41) is 10.6. The zero-order valence-electron chi connectivity index (χ0n) is 18.2. The van der Waals surface area contributed by atoms with E-state index >= 15 is 0 Å². The molecule has 32 heavy (non-hydrogen) atoms. The van der Waals surface area contributed by atoms with Crippen LogP contribution in [-0.2, 0) is 19.0 Å². The SMILES string of the molecule is COC(=O)CCCOC1CC=C2C3=NCCN3C(/C=C(\O)c3cccnc3)=NC2=C1OC. The molecule has 0 aromatic carbocycles. The molecule has 0 fully saturated rings. The van der Waals surface area contributed by atoms with Gasteiger partial charge in [-0.25, -0.2) is 4.99 Å². The van der Waals surface area contributed by atoms with Crippen molar-refractivity contribution >= 4 is 23.4 Å². The number of hydrogen-bond acceptors (Lipinski definition) is 9. The van der Waals surface area contributed by atoms with Crippen LogP contribution in [0.5, 0.6) is 0 Å². The maximum atomic E-state index is 11.3. The minimum absolute atomic E-state index is 0.0708. The minimum atomic E-state index is -0.314. The average Bonchev–Trinajstić information content (AvgIpc) is 3.32. The van der Waals surface area contributed by atoms with Crippen molar-refractivity contribution in [3.8, 4) is 0 Å². The number of aliphatic hydroxyl groups is 1. The minimum Gasteiger partial charge on any atom is -0.507 e. The van der Waals surface area contributed by atoms with Crippen molar-refractivity contribution in [3.05, 3.63) is 59.3 Å². The Bertz CT molecular complexity index is 1030. The Morgan fingerprint density at radius 3 is 3.00 bits per heavy atom. The highest BCUT2D eigenvalue weighted by Crippen LogP contribution is 2.35. The lowest BCUT2D eigenvalue weighted by Crippen LogP contribution is -2.40. The van der Waals surface area contributed by atoms with Crippen molar-refractivity contribution in [3.63, 3.8) is 0 Å². The number of pyridine rings is 1. The Labute approximate surface area is 186 Å². The summed E-state index contributed by atoms with van der Waals surface area (Å²) in [6.07, 6.45) is 8.10. The fraction of sp³-hybridized carbons (Fsp3) is 0.391. The molecule has 1 aromatic rings. The fourth-order valence-corrected chi connectivity index (χ4v) is 3.85. The first-order valence-electron chi connectivity index (χ1n) is 10.5. The van der Waals surface area contributed by atoms with E-state index in [-0.39, 0.29) is 17.8 Å². The van der Waals surface area contributed by atoms with Crippen molar-refractivity contribution in [2.75, 3.05) is 33.9 Å². The van der Waals surface area contributed by atoms with Gasteiger partial charge in [-0.2, -0.15) is 0 Å². The van der Waals surface area contributed by atoms with E-state index < -0.39 is 0 Å². The van der Waals surface area contributed by atoms with E-state index in [1.165, 1.54) is 7.11 Å². The molecule has 9 heteroatoms. The lowest BCUT2D eigenvalue weighted by Gasteiger charge is -2.32. The van der Waals surface area contributed by atoms with Gasteiger partial charge in [0.05, 0.1) is 20.8 Å². The monoisotopic (exact) mass is 438 g/mol. The van der Waals surface area contributed by atoms with Gasteiger partial charge in [0.2, 0.25) is 0 Å². The van der Waals surface area contributed by atoms with Crippen molar-refractivity contribution in [2.24, 2.45) is 9.98 Å². The van der Waals surface area contributed by atoms with Gasteiger partial charge in [0.15, 0.2) is 5.76 Å². The Balaban J connectivity index is 1.62. The van der Waals surface area contributed by atoms with Crippen LogP contribution in [0.4, 0.5) is 0 Å². The van der Waals surface area contributed by atoms with Gasteiger partial charge < -0.3 is 24.2 Å². The Kier molecular flexibility index (Phi) is 6.65. The van der Waals surface area contributed by atoms with E-state index in [1.807, 2.05) is 4.90 Å². The number of fused-ring (bicyclic) bond motifs is 3. The van der Waals surface area contributed by atoms with Crippen LogP contribution < -0.4 is 0 Å². The second-order valence-electron chi connectivity index (χ2n) is 7.41. The van der Waals surface area contributed by atoms with Gasteiger partial charge in [-0.15, -0.1) is 0 Å². The maximum Gasteiger partial charge on any atom is 0.305 e. The lowest BCUT2D eigenvalue weighted by molar-refractivity contribution is -0.141. The van der Waals surface area contributed by atoms with Crippen LogP contribution in [0.1, 0.15) is 24.8 Å². The van der Waals surface area contributed by atoms with E-state index in [2.05, 4.69) is 20.8 Å². The molecule has 1 N–H and O–H groups in total. The van der Waals surface area contributed by atoms with Crippen LogP contribution in [-0.4, -0.2) is 72.7 Å². The highest BCUT2D eigenvalue weighted by atomic mass is 16.5. The average molecular weight is 438 g/mol. The summed E-state index contributed by atoms with van der Waals surface area (Å²) in [6.45, 7) is 1.73. The zero-order chi connectivity index (χ0) is 22.5. The first kappa shape index (κ1) is 21.8. The van der Waals surface area contributed by atoms with Gasteiger partial charge in [0.25, 0.3) is 0 Å². The van der Waals surface area contributed by atoms with Crippen LogP contribution >= 0.6 is 0 Å². The molecule has 0 radical (unpaired) electrons. The van der Waals surface area contributed by atoms with Crippen LogP contribution in [0, 0.1) is 0 Å². The fourth-order valence-electron chi connectivity index (χ4n) is 3.85. The number of methoxy groups -OCH3 is 2. The van der Waals surface area contributed by atoms with E-state index in [0.717, 1.165) is 11.4 Å². The van der Waals surface area contributed by atoms with Gasteiger partial charge in [0, 0.05) is 49.2 Å². The summed E-state index contributed by atoms with van der Waals surface area (Å²) in [5.41, 5.74) is 2.16. The van der Waals surface area contributed by atoms with Gasteiger partial charge in [0.1, 0.15) is 29.2 Å². The molecule has 1 aliphatic carbocycles. The number of carbonyl (C=O) groups excluding carboxylic acids is 1. The van der Waals surface area contributed by atoms with Crippen molar-refractivity contribution in [1.29, 1.82) is 0 Å². The number of ether oxygens (including phenoxy) is 3. The molecular weight excluding hydrogens is 412 g/mol. The molecule has 1 atom stereocenters. The number of esters is 1. The van der Waals surface area contributed by atoms with Crippen LogP contribution in [0.25, 0.3) is 5.76 Å². The number of aromatic nitrogens is 1. The number of rotatable bonds is 8. The lowest BCUT2D eigenvalue weighted by atomic mass is 9.96. The highest BCUT2D eigenvalue weighted by Gasteiger charge is 2.37. The Hall–Kier alpha value is -3.46. The third kappa shape index (κ3) is 4.43. The molecule has 0 bridgehead atoms. The number of amidine groups is 2. The van der Waals surface area contributed by atoms with Crippen LogP contribution in [0.15, 0.2) is 63.7 Å². The first-order valence-corrected chi connectivity index (χ1v) is 10.5. The summed E-state index contributed by atoms with van der Waals surface area (Å²) < 4.78 is 16.4. The summed E-state index contributed by atoms with van der Waals surface area (Å²) in [4.78, 5) is 26.8. The highest BCUT2D eigenvalue weighted by molar-refractivity contribution is 6.19. The summed E-state index contributed by atoms with van der Waals surface area (Å²) in [5.74, 6) is 1.82. The number of hydrogen-bond donors (Lipinski definition) is 1. The quantitative estimate of drug-likeness (QED) is 0.378. The second-order valence-corrected chi connectivity index (χ2v) is 7.41. The van der Waals surface area contributed by atoms with Gasteiger partial charge in [-0.3, -0.25) is 14.8 Å². The Morgan fingerprint density at radius 1 is 1.38 bits per heavy atom. The van der Waals surface area contributed by atoms with Crippen LogP contribution in [0.3, 0.4) is 0 Å². The topological polar surface area (TPSA) is 106 Å². The third-order valence-corrected chi connectivity index (χ3v) is 5.42. The molecule has 0 saturated carbocycles. The zero-order valence-corrected chi connectivity index (χ0v) is 18.2. The first-order chi connectivity index (χ1) is 15.6. The molecule has 2 aliphatic heterocycles. The normalized spacial score (nSPS) is 20.2. The number of nitrogens with zero attached hydrogens (tertiary/aromatic N) is 4. The molecule has 168 valence electrons. The largest absolute Gasteiger partial charge is 0.507 e. The maximum absolute atomic E-state index is 11.3. The van der Waals surface area contributed by atoms with Crippen molar-refractivity contribution < 1.29 is 24.1 Å². The smallest absolute Gasteiger partial charge is 0.305 e. The number of aliphatic hydroxyl groups excluding tert-OH is 1. The van der Waals surface area contributed by atoms with Gasteiger partial charge in [-0.1, -0.05) is 6.08 Å². The Morgan fingerprint density at radius 2 is 2.25 bits per heavy atom. The summed E-state index contributed by atoms with van der Waals surface area (Å²) in [6, 6.07) is 3.55. The molecule has 0 saturated heterocycles. The van der Waals surface area contributed by atoms with Gasteiger partial charge in [-0.05, 0) is 25.0 Å². The predicted molar refractivity (Wildman–Crippen MR) is 119 cm³/mol. The van der Waals surface area contributed by atoms with E-state index in [9.17, 15) is 9.90 Å². The molecule has 1 aromatic heterocycles. The molecule has 0 amide bonds. The molecule has 1 unspecified atom stereocenters. The van der Waals surface area contributed by atoms with Crippen molar-refractivity contribution in [1.82, 2.24) is 9.88 Å². The van der Waals surface area contributed by atoms with Crippen LogP contribution in [0.2, 0.25) is 0 Å². The van der Waals surface area contributed by atoms with Gasteiger partial charge >= 0.3 is 5.97 Å². The summed E-state index contributed by atoms with van der Waals surface area (Å²) in [7, 11) is 2.97. The standard InChI is InChI=1S/C23H26N4O5/c1-30-20(29)6-4-12-32-18-8-7-16-21(22(18)31-2)26-19(27-11-10-25-23(16)27)13-17(28)15-5-3-9-24-14-15/h3,5,7,9,13-14,18,28H,4,6,8,10-12H2,1-2H3/b17-13-.